The molecule has 0 radical (unpaired) electrons. The molecule has 5 nitrogen and oxygen atoms in total. The molecule has 44 valence electrons. The van der Waals surface area contributed by atoms with E-state index < -0.39 is 7.82 Å². The van der Waals surface area contributed by atoms with Crippen LogP contribution in [0.3, 0.4) is 0 Å². The first-order chi connectivity index (χ1) is 2.00. The molecule has 0 rings (SSSR count). The third-order valence-corrected chi connectivity index (χ3v) is 0. The summed E-state index contributed by atoms with van der Waals surface area (Å²) in [6, 6.07) is 0. The van der Waals surface area contributed by atoms with Crippen molar-refractivity contribution in [2.45, 2.75) is 0 Å². The van der Waals surface area contributed by atoms with Crippen molar-refractivity contribution in [2.24, 2.45) is 0 Å². The van der Waals surface area contributed by atoms with E-state index in [4.69, 9.17) is 19.2 Å². The first-order valence-corrected chi connectivity index (χ1v) is 2.35. The predicted octanol–water partition coefficient (Wildman–Crippen LogP) is -3.05. The van der Waals surface area contributed by atoms with Crippen molar-refractivity contribution in [2.75, 3.05) is 0 Å². The summed E-state index contributed by atoms with van der Waals surface area (Å²) in [4.78, 5) is 21.6. The molecule has 0 unspecified atom stereocenters. The van der Waals surface area contributed by atoms with Gasteiger partial charge in [-0.3, -0.25) is 0 Å². The second kappa shape index (κ2) is 9.71. The van der Waals surface area contributed by atoms with Crippen LogP contribution < -0.4 is 0 Å². The van der Waals surface area contributed by atoms with E-state index in [0.717, 1.165) is 0 Å². The third-order valence-electron chi connectivity index (χ3n) is 0. The molecular weight excluding hydrogens is 173 g/mol. The topological polar surface area (TPSA) is 109 Å². The summed E-state index contributed by atoms with van der Waals surface area (Å²) < 4.78 is 8.88. The Kier molecular flexibility index (Phi) is 27.2. The van der Waals surface area contributed by atoms with Gasteiger partial charge >= 0.3 is 88.8 Å². The Bertz CT molecular complexity index is 58.6. The average Bonchev–Trinajstić information content (AvgIpc) is 0.722. The molecular formula is H7KNaO5P. The van der Waals surface area contributed by atoms with E-state index in [-0.39, 0.29) is 86.4 Å². The van der Waals surface area contributed by atoms with Crippen molar-refractivity contribution in [3.63, 3.8) is 0 Å². The molecule has 0 saturated carbocycles. The molecule has 0 heterocycles. The minimum atomic E-state index is -4.64. The summed E-state index contributed by atoms with van der Waals surface area (Å²) in [5, 5.41) is 0. The summed E-state index contributed by atoms with van der Waals surface area (Å²) in [6.45, 7) is 0. The van der Waals surface area contributed by atoms with Crippen LogP contribution >= 0.6 is 7.82 Å². The van der Waals surface area contributed by atoms with E-state index in [1.807, 2.05) is 0 Å². The molecule has 0 saturated heterocycles. The van der Waals surface area contributed by atoms with Gasteiger partial charge in [0.05, 0.1) is 0 Å². The zero-order valence-corrected chi connectivity index (χ0v) is 3.59. The zero-order valence-electron chi connectivity index (χ0n) is 2.70. The standard InChI is InChI=1S/K.Na.H3O4P.H2O.2H/c;;1-5(2,3)4;;;/h;;(H3,1,2,3,4);1H2;;. The Morgan fingerprint density at radius 1 is 1.12 bits per heavy atom. The van der Waals surface area contributed by atoms with Crippen molar-refractivity contribution in [3.05, 3.63) is 0 Å². The van der Waals surface area contributed by atoms with Crippen LogP contribution in [-0.2, 0) is 4.57 Å². The Labute approximate surface area is 111 Å². The van der Waals surface area contributed by atoms with Gasteiger partial charge in [-0.2, -0.15) is 0 Å². The molecule has 0 aromatic heterocycles. The van der Waals surface area contributed by atoms with Crippen LogP contribution in [0.4, 0.5) is 0 Å². The Balaban J connectivity index is -0.0000000267. The van der Waals surface area contributed by atoms with E-state index >= 15 is 0 Å². The van der Waals surface area contributed by atoms with Gasteiger partial charge < -0.3 is 20.2 Å². The van der Waals surface area contributed by atoms with Crippen molar-refractivity contribution >= 4 is 88.8 Å². The fourth-order valence-corrected chi connectivity index (χ4v) is 0. The molecule has 0 aliphatic heterocycles. The monoisotopic (exact) mass is 180 g/mol. The van der Waals surface area contributed by atoms with Gasteiger partial charge in [-0.25, -0.2) is 4.57 Å². The van der Waals surface area contributed by atoms with E-state index in [2.05, 4.69) is 0 Å². The van der Waals surface area contributed by atoms with Crippen LogP contribution in [0.25, 0.3) is 0 Å². The van der Waals surface area contributed by atoms with E-state index in [1.165, 1.54) is 0 Å². The first-order valence-electron chi connectivity index (χ1n) is 0.783. The maximum absolute atomic E-state index is 8.88. The van der Waals surface area contributed by atoms with Gasteiger partial charge in [0.2, 0.25) is 0 Å². The second-order valence-corrected chi connectivity index (χ2v) is 1.54. The molecule has 0 atom stereocenters. The molecule has 0 aliphatic carbocycles. The molecule has 0 aliphatic rings. The van der Waals surface area contributed by atoms with Crippen LogP contribution in [0.5, 0.6) is 0 Å². The van der Waals surface area contributed by atoms with Crippen molar-refractivity contribution < 1.29 is 24.7 Å². The van der Waals surface area contributed by atoms with Crippen LogP contribution in [-0.4, -0.2) is 101 Å². The van der Waals surface area contributed by atoms with E-state index in [0.29, 0.717) is 0 Å². The predicted molar refractivity (Wildman–Crippen MR) is 32.2 cm³/mol. The maximum atomic E-state index is 8.88. The van der Waals surface area contributed by atoms with Gasteiger partial charge in [-0.1, -0.05) is 0 Å². The molecule has 0 aromatic carbocycles. The van der Waals surface area contributed by atoms with Crippen molar-refractivity contribution in [1.29, 1.82) is 0 Å². The molecule has 0 bridgehead atoms. The molecule has 0 fully saturated rings. The van der Waals surface area contributed by atoms with E-state index in [1.54, 1.807) is 0 Å². The molecule has 0 amide bonds. The SMILES string of the molecule is O.O=P(O)(O)O.[KH].[NaH]. The number of hydrogen-bond acceptors (Lipinski definition) is 1. The quantitative estimate of drug-likeness (QED) is 0.271. The van der Waals surface area contributed by atoms with Gasteiger partial charge in [0.25, 0.3) is 0 Å². The first kappa shape index (κ1) is 22.4. The number of phosphoric acid groups is 1. The second-order valence-electron chi connectivity index (χ2n) is 0.513. The minimum absolute atomic E-state index is 0. The van der Waals surface area contributed by atoms with Gasteiger partial charge in [0, 0.05) is 0 Å². The molecule has 8 heavy (non-hydrogen) atoms. The summed E-state index contributed by atoms with van der Waals surface area (Å²) in [6.07, 6.45) is 0. The molecule has 5 N–H and O–H groups in total. The Morgan fingerprint density at radius 3 is 1.12 bits per heavy atom. The summed E-state index contributed by atoms with van der Waals surface area (Å²) >= 11 is 0. The van der Waals surface area contributed by atoms with Crippen molar-refractivity contribution in [3.8, 4) is 0 Å². The fourth-order valence-electron chi connectivity index (χ4n) is 0. The number of hydrogen-bond donors (Lipinski definition) is 3. The van der Waals surface area contributed by atoms with Crippen LogP contribution in [0, 0.1) is 0 Å². The van der Waals surface area contributed by atoms with Crippen LogP contribution in [0.15, 0.2) is 0 Å². The fraction of sp³-hybridized carbons (Fsp3) is 0. The average molecular weight is 180 g/mol. The van der Waals surface area contributed by atoms with Gasteiger partial charge in [0.1, 0.15) is 0 Å². The summed E-state index contributed by atoms with van der Waals surface area (Å²) in [5.74, 6) is 0. The van der Waals surface area contributed by atoms with Gasteiger partial charge in [-0.15, -0.1) is 0 Å². The number of rotatable bonds is 0. The van der Waals surface area contributed by atoms with Gasteiger partial charge in [0.15, 0.2) is 0 Å². The third kappa shape index (κ3) is 70.6. The Morgan fingerprint density at radius 2 is 1.12 bits per heavy atom. The molecule has 8 heteroatoms. The Hall–Kier alpha value is 2.71. The van der Waals surface area contributed by atoms with Gasteiger partial charge in [-0.05, 0) is 0 Å². The van der Waals surface area contributed by atoms with Crippen LogP contribution in [0.2, 0.25) is 0 Å². The molecule has 0 aromatic rings. The zero-order chi connectivity index (χ0) is 4.50. The van der Waals surface area contributed by atoms with Crippen molar-refractivity contribution in [1.82, 2.24) is 0 Å². The van der Waals surface area contributed by atoms with E-state index in [9.17, 15) is 0 Å². The summed E-state index contributed by atoms with van der Waals surface area (Å²) in [5.41, 5.74) is 0. The molecule has 0 spiro atoms. The normalized spacial score (nSPS) is 7.38. The van der Waals surface area contributed by atoms with Crippen LogP contribution in [0.1, 0.15) is 0 Å². The summed E-state index contributed by atoms with van der Waals surface area (Å²) in [7, 11) is -4.64.